The van der Waals surface area contributed by atoms with Crippen molar-refractivity contribution in [1.29, 1.82) is 0 Å². The summed E-state index contributed by atoms with van der Waals surface area (Å²) >= 11 is 0. The maximum atomic E-state index is 14.6. The van der Waals surface area contributed by atoms with Gasteiger partial charge < -0.3 is 46.2 Å². The summed E-state index contributed by atoms with van der Waals surface area (Å²) in [6.07, 6.45) is 5.84. The second kappa shape index (κ2) is 25.4. The molecule has 4 unspecified atom stereocenters. The number of hydrogen-bond donors (Lipinski definition) is 6. The molecule has 4 rings (SSSR count). The van der Waals surface area contributed by atoms with Gasteiger partial charge in [0.15, 0.2) is 0 Å². The van der Waals surface area contributed by atoms with E-state index in [1.165, 1.54) is 5.06 Å². The number of nitrogens with one attached hydrogen (secondary N) is 5. The molecule has 6 amide bonds. The van der Waals surface area contributed by atoms with Crippen LogP contribution in [-0.4, -0.2) is 111 Å². The molecule has 16 nitrogen and oxygen atoms in total. The fourth-order valence-electron chi connectivity index (χ4n) is 9.30. The number of nitrogens with zero attached hydrogens (tertiary/aromatic N) is 2. The van der Waals surface area contributed by atoms with Crippen molar-refractivity contribution in [2.45, 2.75) is 181 Å². The van der Waals surface area contributed by atoms with Crippen molar-refractivity contribution in [3.8, 4) is 0 Å². The van der Waals surface area contributed by atoms with E-state index < -0.39 is 82.6 Å². The Morgan fingerprint density at radius 3 is 2.00 bits per heavy atom. The first-order valence-electron chi connectivity index (χ1n) is 24.7. The lowest BCUT2D eigenvalue weighted by molar-refractivity contribution is -0.246. The molecule has 69 heavy (non-hydrogen) atoms. The van der Waals surface area contributed by atoms with E-state index in [9.17, 15) is 34.0 Å². The molecule has 2 heterocycles. The van der Waals surface area contributed by atoms with Gasteiger partial charge in [0, 0.05) is 30.2 Å². The summed E-state index contributed by atoms with van der Waals surface area (Å²) in [6.45, 7) is 21.3. The topological polar surface area (TPSA) is 208 Å². The van der Waals surface area contributed by atoms with Crippen molar-refractivity contribution in [3.05, 3.63) is 83.9 Å². The smallest absolute Gasteiger partial charge is 0.408 e. The van der Waals surface area contributed by atoms with Crippen LogP contribution in [0.3, 0.4) is 0 Å². The quantitative estimate of drug-likeness (QED) is 0.0548. The van der Waals surface area contributed by atoms with E-state index in [1.807, 2.05) is 114 Å². The van der Waals surface area contributed by atoms with Crippen molar-refractivity contribution in [2.24, 2.45) is 17.8 Å². The van der Waals surface area contributed by atoms with E-state index >= 15 is 0 Å². The molecule has 0 aromatic heterocycles. The van der Waals surface area contributed by atoms with Crippen LogP contribution in [0.25, 0.3) is 0 Å². The van der Waals surface area contributed by atoms with Crippen molar-refractivity contribution < 1.29 is 43.4 Å². The van der Waals surface area contributed by atoms with Crippen molar-refractivity contribution in [1.82, 2.24) is 36.5 Å². The third-order valence-corrected chi connectivity index (χ3v) is 12.5. The van der Waals surface area contributed by atoms with Gasteiger partial charge in [-0.2, -0.15) is 5.06 Å². The van der Waals surface area contributed by atoms with Gasteiger partial charge in [-0.3, -0.25) is 19.2 Å². The second-order valence-electron chi connectivity index (χ2n) is 21.7. The molecule has 2 aliphatic heterocycles. The predicted molar refractivity (Wildman–Crippen MR) is 266 cm³/mol. The molecule has 2 saturated heterocycles. The number of alkyl carbamates (subject to hydrolysis) is 2. The number of carbonyl (C=O) groups is 6. The van der Waals surface area contributed by atoms with Crippen LogP contribution in [0.4, 0.5) is 9.59 Å². The summed E-state index contributed by atoms with van der Waals surface area (Å²) in [4.78, 5) is 84.3. The van der Waals surface area contributed by atoms with Gasteiger partial charge >= 0.3 is 12.2 Å². The van der Waals surface area contributed by atoms with E-state index in [-0.39, 0.29) is 37.4 Å². The normalized spacial score (nSPS) is 19.0. The molecule has 2 aromatic carbocycles. The highest BCUT2D eigenvalue weighted by Crippen LogP contribution is 2.36. The number of piperidine rings is 1. The van der Waals surface area contributed by atoms with Crippen LogP contribution >= 0.6 is 0 Å². The minimum atomic E-state index is -1.05. The highest BCUT2D eigenvalue weighted by atomic mass is 16.6. The number of hydroxylamine groups is 2. The Balaban J connectivity index is 1.50. The zero-order valence-electron chi connectivity index (χ0n) is 42.9. The van der Waals surface area contributed by atoms with Crippen LogP contribution in [0, 0.1) is 17.8 Å². The Morgan fingerprint density at radius 1 is 0.812 bits per heavy atom. The average Bonchev–Trinajstić information content (AvgIpc) is 3.76. The molecule has 0 radical (unpaired) electrons. The Hall–Kier alpha value is -5.48. The van der Waals surface area contributed by atoms with E-state index in [1.54, 1.807) is 39.5 Å². The highest BCUT2D eigenvalue weighted by molar-refractivity contribution is 5.95. The van der Waals surface area contributed by atoms with Crippen molar-refractivity contribution in [3.63, 3.8) is 0 Å². The average molecular weight is 960 g/mol. The molecule has 6 N–H and O–H groups in total. The third kappa shape index (κ3) is 18.1. The molecule has 2 aromatic rings. The summed E-state index contributed by atoms with van der Waals surface area (Å²) in [5, 5.41) is 26.9. The standard InChI is InChI=1S/C53H81N7O9/c1-35(2)30-40(56-50(66)69-51(5,6)7)27-26-39(31-37-20-14-12-15-21-37)48(64)59-29-19-25-43(59)46(62)58-44(36(3)4)47(63)57-42(24-18-28-54-49(65)68-34-38-22-16-13-17-23-38)45(61)55-41-32-52(8,9)60(67)53(10,11)33-41/h12-17,20-23,26-27,35-36,39-44,67H,18-19,24-25,28-34H2,1-11H3,(H,54,65)(H,55,61)(H,56,66)(H,57,63)(H,58,62)/b27-26+/t39?,40?,42?,43-,44?/m1/s1. The molecule has 0 bridgehead atoms. The van der Waals surface area contributed by atoms with Gasteiger partial charge in [0.05, 0.1) is 12.0 Å². The number of hydrogen-bond acceptors (Lipinski definition) is 10. The summed E-state index contributed by atoms with van der Waals surface area (Å²) < 4.78 is 10.9. The summed E-state index contributed by atoms with van der Waals surface area (Å²) in [5.41, 5.74) is -0.199. The SMILES string of the molecule is CC(C)CC(/C=C/C(Cc1ccccc1)C(=O)N1CCC[C@@H]1C(=O)NC(C(=O)NC(CCCNC(=O)OCc1ccccc1)C(=O)NC1CC(C)(C)N(O)C(C)(C)C1)C(C)C)NC(=O)OC(C)(C)C. The zero-order valence-corrected chi connectivity index (χ0v) is 42.9. The van der Waals surface area contributed by atoms with Crippen LogP contribution in [0.5, 0.6) is 0 Å². The fraction of sp³-hybridized carbons (Fsp3) is 0.623. The first kappa shape index (κ1) is 56.1. The van der Waals surface area contributed by atoms with Gasteiger partial charge in [0.1, 0.15) is 30.3 Å². The van der Waals surface area contributed by atoms with E-state index in [4.69, 9.17) is 9.47 Å². The summed E-state index contributed by atoms with van der Waals surface area (Å²) in [7, 11) is 0. The minimum Gasteiger partial charge on any atom is -0.445 e. The van der Waals surface area contributed by atoms with Gasteiger partial charge in [-0.05, 0) is 123 Å². The number of benzene rings is 2. The predicted octanol–water partition coefficient (Wildman–Crippen LogP) is 7.19. The Bertz CT molecular complexity index is 2020. The molecule has 16 heteroatoms. The largest absolute Gasteiger partial charge is 0.445 e. The summed E-state index contributed by atoms with van der Waals surface area (Å²) in [5.74, 6) is -2.54. The van der Waals surface area contributed by atoms with Gasteiger partial charge in [-0.25, -0.2) is 9.59 Å². The number of carbonyl (C=O) groups excluding carboxylic acids is 6. The number of rotatable bonds is 21. The maximum Gasteiger partial charge on any atom is 0.408 e. The number of ether oxygens (including phenoxy) is 2. The molecule has 2 aliphatic rings. The Kier molecular flexibility index (Phi) is 20.7. The number of likely N-dealkylation sites (tertiary alicyclic amines) is 1. The van der Waals surface area contributed by atoms with E-state index in [0.717, 1.165) is 11.1 Å². The molecule has 0 saturated carbocycles. The van der Waals surface area contributed by atoms with Crippen LogP contribution < -0.4 is 26.6 Å². The van der Waals surface area contributed by atoms with Crippen molar-refractivity contribution >= 4 is 35.8 Å². The number of amides is 6. The Morgan fingerprint density at radius 2 is 1.42 bits per heavy atom. The first-order chi connectivity index (χ1) is 32.3. The van der Waals surface area contributed by atoms with E-state index in [0.29, 0.717) is 51.5 Å². The molecule has 0 aliphatic carbocycles. The first-order valence-corrected chi connectivity index (χ1v) is 24.7. The second-order valence-corrected chi connectivity index (χ2v) is 21.7. The molecular formula is C53H81N7O9. The van der Waals surface area contributed by atoms with Crippen LogP contribution in [0.15, 0.2) is 72.8 Å². The zero-order chi connectivity index (χ0) is 51.1. The highest BCUT2D eigenvalue weighted by Gasteiger charge is 2.46. The van der Waals surface area contributed by atoms with Crippen LogP contribution in [0.1, 0.15) is 132 Å². The monoisotopic (exact) mass is 960 g/mol. The third-order valence-electron chi connectivity index (χ3n) is 12.5. The molecular weight excluding hydrogens is 879 g/mol. The minimum absolute atomic E-state index is 0.0987. The van der Waals surface area contributed by atoms with Crippen LogP contribution in [-0.2, 0) is 41.7 Å². The van der Waals surface area contributed by atoms with Crippen LogP contribution in [0.2, 0.25) is 0 Å². The summed E-state index contributed by atoms with van der Waals surface area (Å²) in [6, 6.07) is 15.2. The van der Waals surface area contributed by atoms with Gasteiger partial charge in [-0.15, -0.1) is 0 Å². The Labute approximate surface area is 410 Å². The van der Waals surface area contributed by atoms with E-state index in [2.05, 4.69) is 26.6 Å². The lowest BCUT2D eigenvalue weighted by Crippen LogP contribution is -2.64. The van der Waals surface area contributed by atoms with Gasteiger partial charge in [0.2, 0.25) is 23.6 Å². The fourth-order valence-corrected chi connectivity index (χ4v) is 9.30. The van der Waals surface area contributed by atoms with Gasteiger partial charge in [0.25, 0.3) is 0 Å². The lowest BCUT2D eigenvalue weighted by Gasteiger charge is -2.51. The molecule has 382 valence electrons. The molecule has 2 fully saturated rings. The van der Waals surface area contributed by atoms with Crippen molar-refractivity contribution in [2.75, 3.05) is 13.1 Å². The lowest BCUT2D eigenvalue weighted by atomic mass is 9.79. The maximum absolute atomic E-state index is 14.6. The molecule has 0 spiro atoms. The van der Waals surface area contributed by atoms with Gasteiger partial charge in [-0.1, -0.05) is 101 Å². The molecule has 5 atom stereocenters.